The molecule has 156 valence electrons. The molecule has 1 heterocycles. The van der Waals surface area contributed by atoms with Crippen molar-refractivity contribution >= 4 is 46.4 Å². The van der Waals surface area contributed by atoms with Gasteiger partial charge in [0.1, 0.15) is 6.17 Å². The third kappa shape index (κ3) is 4.03. The zero-order valence-electron chi connectivity index (χ0n) is 15.7. The molecular weight excluding hydrogens is 443 g/mol. The van der Waals surface area contributed by atoms with Crippen molar-refractivity contribution < 1.29 is 14.5 Å². The lowest BCUT2D eigenvalue weighted by Gasteiger charge is -2.38. The first-order chi connectivity index (χ1) is 14.8. The second kappa shape index (κ2) is 8.25. The molecule has 3 aromatic rings. The number of fused-ring (bicyclic) bond motifs is 1. The summed E-state index contributed by atoms with van der Waals surface area (Å²) in [6, 6.07) is 16.8. The highest BCUT2D eigenvalue weighted by molar-refractivity contribution is 6.35. The molecule has 0 fully saturated rings. The summed E-state index contributed by atoms with van der Waals surface area (Å²) < 4.78 is 0. The molecule has 0 saturated carbocycles. The number of carbonyl (C=O) groups excluding carboxylic acids is 2. The molecule has 0 aromatic heterocycles. The SMILES string of the molecule is O=C(NN1C(=O)c2ccccc2N[C@@H]1c1ccc(Cl)cc1Cl)c1ccc([N+](=O)[O-])cc1. The molecule has 2 amide bonds. The van der Waals surface area contributed by atoms with Crippen LogP contribution < -0.4 is 10.7 Å². The van der Waals surface area contributed by atoms with Gasteiger partial charge in [0.15, 0.2) is 0 Å². The maximum absolute atomic E-state index is 13.2. The number of amides is 2. The lowest BCUT2D eigenvalue weighted by molar-refractivity contribution is -0.384. The Morgan fingerprint density at radius 1 is 1.06 bits per heavy atom. The molecule has 1 aliphatic heterocycles. The first-order valence-electron chi connectivity index (χ1n) is 9.04. The highest BCUT2D eigenvalue weighted by Crippen LogP contribution is 2.35. The minimum absolute atomic E-state index is 0.146. The number of hydrogen-bond acceptors (Lipinski definition) is 5. The van der Waals surface area contributed by atoms with Crippen LogP contribution >= 0.6 is 23.2 Å². The Bertz CT molecular complexity index is 1200. The van der Waals surface area contributed by atoms with E-state index in [1.807, 2.05) is 0 Å². The van der Waals surface area contributed by atoms with Gasteiger partial charge in [0.05, 0.1) is 10.5 Å². The van der Waals surface area contributed by atoms with E-state index in [1.54, 1.807) is 42.5 Å². The van der Waals surface area contributed by atoms with Crippen LogP contribution in [0.25, 0.3) is 0 Å². The monoisotopic (exact) mass is 456 g/mol. The first-order valence-corrected chi connectivity index (χ1v) is 9.80. The van der Waals surface area contributed by atoms with Gasteiger partial charge in [-0.05, 0) is 36.4 Å². The first kappa shape index (κ1) is 20.6. The number of non-ortho nitro benzene ring substituents is 1. The minimum atomic E-state index is -0.811. The van der Waals surface area contributed by atoms with Gasteiger partial charge >= 0.3 is 0 Å². The van der Waals surface area contributed by atoms with Gasteiger partial charge in [-0.15, -0.1) is 0 Å². The third-order valence-corrected chi connectivity index (χ3v) is 5.31. The summed E-state index contributed by atoms with van der Waals surface area (Å²) in [6.07, 6.45) is -0.811. The van der Waals surface area contributed by atoms with Gasteiger partial charge in [0.25, 0.3) is 17.5 Å². The molecule has 0 aliphatic carbocycles. The topological polar surface area (TPSA) is 105 Å². The zero-order chi connectivity index (χ0) is 22.1. The third-order valence-electron chi connectivity index (χ3n) is 4.75. The maximum atomic E-state index is 13.2. The van der Waals surface area contributed by atoms with Gasteiger partial charge in [-0.1, -0.05) is 41.4 Å². The highest BCUT2D eigenvalue weighted by atomic mass is 35.5. The molecule has 1 aliphatic rings. The molecule has 8 nitrogen and oxygen atoms in total. The molecule has 0 radical (unpaired) electrons. The fourth-order valence-corrected chi connectivity index (χ4v) is 3.73. The van der Waals surface area contributed by atoms with E-state index in [2.05, 4.69) is 10.7 Å². The fraction of sp³-hybridized carbons (Fsp3) is 0.0476. The maximum Gasteiger partial charge on any atom is 0.276 e. The molecule has 0 spiro atoms. The molecule has 0 bridgehead atoms. The van der Waals surface area contributed by atoms with Crippen LogP contribution in [0.3, 0.4) is 0 Å². The van der Waals surface area contributed by atoms with Crippen LogP contribution in [0.15, 0.2) is 66.7 Å². The molecule has 3 aromatic carbocycles. The Morgan fingerprint density at radius 3 is 2.45 bits per heavy atom. The Balaban J connectivity index is 1.70. The Morgan fingerprint density at radius 2 is 1.77 bits per heavy atom. The van der Waals surface area contributed by atoms with Gasteiger partial charge in [-0.2, -0.15) is 0 Å². The standard InChI is InChI=1S/C21H14Cl2N4O4/c22-13-7-10-15(17(23)11-13)19-24-18-4-2-1-3-16(18)21(29)26(19)25-20(28)12-5-8-14(9-6-12)27(30)31/h1-11,19,24H,(H,25,28)/t19-/m0/s1. The van der Waals surface area contributed by atoms with E-state index in [0.29, 0.717) is 26.9 Å². The van der Waals surface area contributed by atoms with Crippen molar-refractivity contribution in [2.45, 2.75) is 6.17 Å². The summed E-state index contributed by atoms with van der Waals surface area (Å²) >= 11 is 12.4. The number of nitrogens with zero attached hydrogens (tertiary/aromatic N) is 2. The van der Waals surface area contributed by atoms with Crippen molar-refractivity contribution in [2.24, 2.45) is 0 Å². The predicted molar refractivity (Wildman–Crippen MR) is 116 cm³/mol. The van der Waals surface area contributed by atoms with E-state index in [9.17, 15) is 19.7 Å². The van der Waals surface area contributed by atoms with Gasteiger partial charge in [0.2, 0.25) is 0 Å². The Kier molecular flexibility index (Phi) is 5.50. The van der Waals surface area contributed by atoms with Crippen molar-refractivity contribution in [3.8, 4) is 0 Å². The van der Waals surface area contributed by atoms with Crippen LogP contribution in [0, 0.1) is 10.1 Å². The number of halogens is 2. The van der Waals surface area contributed by atoms with Crippen LogP contribution in [0.4, 0.5) is 11.4 Å². The lowest BCUT2D eigenvalue weighted by atomic mass is 10.0. The molecule has 2 N–H and O–H groups in total. The van der Waals surface area contributed by atoms with Gasteiger partial charge in [-0.25, -0.2) is 5.01 Å². The van der Waals surface area contributed by atoms with E-state index >= 15 is 0 Å². The summed E-state index contributed by atoms with van der Waals surface area (Å²) in [6.45, 7) is 0. The molecule has 31 heavy (non-hydrogen) atoms. The van der Waals surface area contributed by atoms with E-state index in [-0.39, 0.29) is 11.3 Å². The van der Waals surface area contributed by atoms with Crippen LogP contribution in [0.5, 0.6) is 0 Å². The number of hydrogen-bond donors (Lipinski definition) is 2. The lowest BCUT2D eigenvalue weighted by Crippen LogP contribution is -2.52. The average Bonchev–Trinajstić information content (AvgIpc) is 2.76. The Hall–Kier alpha value is -3.62. The summed E-state index contributed by atoms with van der Waals surface area (Å²) in [4.78, 5) is 36.3. The number of para-hydroxylation sites is 1. The van der Waals surface area contributed by atoms with Gasteiger partial charge in [-0.3, -0.25) is 25.1 Å². The van der Waals surface area contributed by atoms with E-state index < -0.39 is 22.9 Å². The summed E-state index contributed by atoms with van der Waals surface area (Å²) in [7, 11) is 0. The fourth-order valence-electron chi connectivity index (χ4n) is 3.22. The molecule has 1 atom stereocenters. The number of carbonyl (C=O) groups is 2. The molecule has 0 unspecified atom stereocenters. The number of anilines is 1. The molecule has 10 heteroatoms. The summed E-state index contributed by atoms with van der Waals surface area (Å²) in [5, 5.41) is 15.9. The largest absolute Gasteiger partial charge is 0.359 e. The average molecular weight is 457 g/mol. The van der Waals surface area contributed by atoms with Crippen LogP contribution in [-0.4, -0.2) is 21.7 Å². The smallest absolute Gasteiger partial charge is 0.276 e. The van der Waals surface area contributed by atoms with Crippen molar-refractivity contribution in [3.63, 3.8) is 0 Å². The van der Waals surface area contributed by atoms with Crippen molar-refractivity contribution in [2.75, 3.05) is 5.32 Å². The molecule has 0 saturated heterocycles. The van der Waals surface area contributed by atoms with E-state index in [4.69, 9.17) is 23.2 Å². The van der Waals surface area contributed by atoms with Crippen molar-refractivity contribution in [1.82, 2.24) is 10.4 Å². The number of benzene rings is 3. The quantitative estimate of drug-likeness (QED) is 0.432. The number of nitro benzene ring substituents is 1. The van der Waals surface area contributed by atoms with Gasteiger partial charge in [0, 0.05) is 39.0 Å². The van der Waals surface area contributed by atoms with Crippen molar-refractivity contribution in [3.05, 3.63) is 104 Å². The van der Waals surface area contributed by atoms with Crippen LogP contribution in [0.1, 0.15) is 32.4 Å². The number of rotatable bonds is 4. The predicted octanol–water partition coefficient (Wildman–Crippen LogP) is 4.81. The minimum Gasteiger partial charge on any atom is -0.359 e. The van der Waals surface area contributed by atoms with Gasteiger partial charge < -0.3 is 5.32 Å². The van der Waals surface area contributed by atoms with E-state index in [1.165, 1.54) is 24.3 Å². The second-order valence-electron chi connectivity index (χ2n) is 6.68. The van der Waals surface area contributed by atoms with Crippen LogP contribution in [0.2, 0.25) is 10.0 Å². The second-order valence-corrected chi connectivity index (χ2v) is 7.52. The molecule has 4 rings (SSSR count). The number of nitro groups is 1. The molecular formula is C21H14Cl2N4O4. The van der Waals surface area contributed by atoms with Crippen LogP contribution in [-0.2, 0) is 0 Å². The Labute approximate surface area is 186 Å². The highest BCUT2D eigenvalue weighted by Gasteiger charge is 2.35. The normalized spacial score (nSPS) is 15.1. The summed E-state index contributed by atoms with van der Waals surface area (Å²) in [5.41, 5.74) is 4.07. The summed E-state index contributed by atoms with van der Waals surface area (Å²) in [5.74, 6) is -1.06. The number of hydrazine groups is 1. The van der Waals surface area contributed by atoms with E-state index in [0.717, 1.165) is 5.01 Å². The van der Waals surface area contributed by atoms with Crippen molar-refractivity contribution in [1.29, 1.82) is 0 Å². The number of nitrogens with one attached hydrogen (secondary N) is 2. The zero-order valence-corrected chi connectivity index (χ0v) is 17.2.